The lowest BCUT2D eigenvalue weighted by Gasteiger charge is -2.10. The molecule has 0 radical (unpaired) electrons. The number of benzene rings is 1. The molecule has 1 heterocycles. The zero-order valence-electron chi connectivity index (χ0n) is 8.83. The first-order chi connectivity index (χ1) is 7.65. The zero-order chi connectivity index (χ0) is 11.5. The number of hydrogen-bond donors (Lipinski definition) is 1. The molecular weight excluding hydrogens is 213 g/mol. The quantitative estimate of drug-likeness (QED) is 0.791. The monoisotopic (exact) mass is 225 g/mol. The summed E-state index contributed by atoms with van der Waals surface area (Å²) in [6.45, 7) is 2.43. The Morgan fingerprint density at radius 1 is 1.69 bits per heavy atom. The summed E-state index contributed by atoms with van der Waals surface area (Å²) < 4.78 is 23.3. The minimum Gasteiger partial charge on any atom is -0.488 e. The number of amides is 1. The van der Waals surface area contributed by atoms with Crippen LogP contribution >= 0.6 is 0 Å². The SMILES string of the molecule is CC(=O)Nc1ccc(F)cc1OC[C@@H]1CO1. The highest BCUT2D eigenvalue weighted by Crippen LogP contribution is 2.26. The van der Waals surface area contributed by atoms with Gasteiger partial charge in [0.25, 0.3) is 0 Å². The Morgan fingerprint density at radius 2 is 2.44 bits per heavy atom. The highest BCUT2D eigenvalue weighted by molar-refractivity contribution is 5.90. The molecule has 5 heteroatoms. The van der Waals surface area contributed by atoms with Crippen LogP contribution in [0.2, 0.25) is 0 Å². The van der Waals surface area contributed by atoms with E-state index in [2.05, 4.69) is 5.32 Å². The first kappa shape index (κ1) is 10.9. The van der Waals surface area contributed by atoms with Gasteiger partial charge in [0.1, 0.15) is 24.3 Å². The maximum Gasteiger partial charge on any atom is 0.221 e. The van der Waals surface area contributed by atoms with Gasteiger partial charge in [-0.1, -0.05) is 0 Å². The van der Waals surface area contributed by atoms with E-state index in [9.17, 15) is 9.18 Å². The number of ether oxygens (including phenoxy) is 2. The van der Waals surface area contributed by atoms with Gasteiger partial charge in [-0.05, 0) is 12.1 Å². The molecule has 0 bridgehead atoms. The van der Waals surface area contributed by atoms with Gasteiger partial charge in [-0.25, -0.2) is 4.39 Å². The van der Waals surface area contributed by atoms with Crippen molar-refractivity contribution in [3.63, 3.8) is 0 Å². The lowest BCUT2D eigenvalue weighted by molar-refractivity contribution is -0.114. The van der Waals surface area contributed by atoms with E-state index < -0.39 is 5.82 Å². The Hall–Kier alpha value is -1.62. The van der Waals surface area contributed by atoms with Gasteiger partial charge in [0.2, 0.25) is 5.91 Å². The number of carbonyl (C=O) groups is 1. The fourth-order valence-corrected chi connectivity index (χ4v) is 1.26. The number of epoxide rings is 1. The zero-order valence-corrected chi connectivity index (χ0v) is 8.83. The third-order valence-electron chi connectivity index (χ3n) is 2.08. The van der Waals surface area contributed by atoms with Crippen LogP contribution in [0.1, 0.15) is 6.92 Å². The summed E-state index contributed by atoms with van der Waals surface area (Å²) in [5, 5.41) is 2.57. The number of rotatable bonds is 4. The average molecular weight is 225 g/mol. The summed E-state index contributed by atoms with van der Waals surface area (Å²) in [7, 11) is 0. The summed E-state index contributed by atoms with van der Waals surface area (Å²) in [6.07, 6.45) is 0.0912. The molecule has 1 N–H and O–H groups in total. The van der Waals surface area contributed by atoms with Gasteiger partial charge in [-0.3, -0.25) is 4.79 Å². The maximum absolute atomic E-state index is 13.0. The van der Waals surface area contributed by atoms with Gasteiger partial charge >= 0.3 is 0 Å². The molecule has 2 rings (SSSR count). The highest BCUT2D eigenvalue weighted by Gasteiger charge is 2.23. The molecule has 1 aliphatic heterocycles. The fourth-order valence-electron chi connectivity index (χ4n) is 1.26. The summed E-state index contributed by atoms with van der Waals surface area (Å²) in [4.78, 5) is 10.9. The van der Waals surface area contributed by atoms with Gasteiger partial charge < -0.3 is 14.8 Å². The molecule has 4 nitrogen and oxygen atoms in total. The van der Waals surface area contributed by atoms with Crippen molar-refractivity contribution in [2.75, 3.05) is 18.5 Å². The molecule has 1 atom stereocenters. The summed E-state index contributed by atoms with van der Waals surface area (Å²) >= 11 is 0. The van der Waals surface area contributed by atoms with Gasteiger partial charge in [0.05, 0.1) is 12.3 Å². The molecule has 0 spiro atoms. The number of halogens is 1. The summed E-state index contributed by atoms with van der Waals surface area (Å²) in [6, 6.07) is 3.99. The number of anilines is 1. The second kappa shape index (κ2) is 4.49. The van der Waals surface area contributed by atoms with Gasteiger partial charge in [-0.15, -0.1) is 0 Å². The number of carbonyl (C=O) groups excluding carboxylic acids is 1. The largest absolute Gasteiger partial charge is 0.488 e. The van der Waals surface area contributed by atoms with Crippen LogP contribution in [0, 0.1) is 5.82 Å². The van der Waals surface area contributed by atoms with Crippen LogP contribution in [0.3, 0.4) is 0 Å². The van der Waals surface area contributed by atoms with Crippen molar-refractivity contribution in [1.29, 1.82) is 0 Å². The van der Waals surface area contributed by atoms with Gasteiger partial charge in [0.15, 0.2) is 0 Å². The first-order valence-electron chi connectivity index (χ1n) is 4.96. The van der Waals surface area contributed by atoms with E-state index >= 15 is 0 Å². The van der Waals surface area contributed by atoms with E-state index in [1.807, 2.05) is 0 Å². The van der Waals surface area contributed by atoms with Crippen molar-refractivity contribution in [1.82, 2.24) is 0 Å². The second-order valence-electron chi connectivity index (χ2n) is 3.59. The lowest BCUT2D eigenvalue weighted by Crippen LogP contribution is -2.10. The molecule has 1 aromatic carbocycles. The van der Waals surface area contributed by atoms with Crippen molar-refractivity contribution < 1.29 is 18.7 Å². The number of nitrogens with one attached hydrogen (secondary N) is 1. The highest BCUT2D eigenvalue weighted by atomic mass is 19.1. The van der Waals surface area contributed by atoms with E-state index in [1.165, 1.54) is 25.1 Å². The molecule has 0 unspecified atom stereocenters. The summed E-state index contributed by atoms with van der Waals surface area (Å²) in [5.74, 6) is -0.300. The molecule has 0 saturated carbocycles. The van der Waals surface area contributed by atoms with E-state index in [-0.39, 0.29) is 12.0 Å². The molecule has 1 aromatic rings. The molecule has 0 aromatic heterocycles. The average Bonchev–Trinajstić information content (AvgIpc) is 3.01. The molecular formula is C11H12FNO3. The topological polar surface area (TPSA) is 50.9 Å². The van der Waals surface area contributed by atoms with Crippen LogP contribution in [0.15, 0.2) is 18.2 Å². The van der Waals surface area contributed by atoms with Crippen molar-refractivity contribution in [3.8, 4) is 5.75 Å². The Labute approximate surface area is 92.4 Å². The van der Waals surface area contributed by atoms with Crippen molar-refractivity contribution in [3.05, 3.63) is 24.0 Å². The minimum atomic E-state index is -0.402. The standard InChI is InChI=1S/C11H12FNO3/c1-7(14)13-10-3-2-8(12)4-11(10)16-6-9-5-15-9/h2-4,9H,5-6H2,1H3,(H,13,14)/t9-/m0/s1. The molecule has 1 aliphatic rings. The van der Waals surface area contributed by atoms with Crippen molar-refractivity contribution >= 4 is 11.6 Å². The van der Waals surface area contributed by atoms with Crippen LogP contribution in [-0.2, 0) is 9.53 Å². The molecule has 1 amide bonds. The lowest BCUT2D eigenvalue weighted by atomic mass is 10.3. The first-order valence-corrected chi connectivity index (χ1v) is 4.96. The molecule has 1 saturated heterocycles. The van der Waals surface area contributed by atoms with Crippen LogP contribution in [-0.4, -0.2) is 25.2 Å². The Balaban J connectivity index is 2.10. The summed E-state index contributed by atoms with van der Waals surface area (Å²) in [5.41, 5.74) is 0.467. The van der Waals surface area contributed by atoms with Crippen LogP contribution < -0.4 is 10.1 Å². The molecule has 86 valence electrons. The van der Waals surface area contributed by atoms with Gasteiger partial charge in [0, 0.05) is 13.0 Å². The van der Waals surface area contributed by atoms with E-state index in [4.69, 9.17) is 9.47 Å². The van der Waals surface area contributed by atoms with Crippen molar-refractivity contribution in [2.24, 2.45) is 0 Å². The molecule has 0 aliphatic carbocycles. The smallest absolute Gasteiger partial charge is 0.221 e. The third-order valence-corrected chi connectivity index (χ3v) is 2.08. The Kier molecular flexibility index (Phi) is 3.05. The van der Waals surface area contributed by atoms with Crippen LogP contribution in [0.4, 0.5) is 10.1 Å². The fraction of sp³-hybridized carbons (Fsp3) is 0.364. The Morgan fingerprint density at radius 3 is 3.06 bits per heavy atom. The van der Waals surface area contributed by atoms with E-state index in [1.54, 1.807) is 0 Å². The normalized spacial score (nSPS) is 18.0. The third kappa shape index (κ3) is 2.93. The predicted molar refractivity (Wildman–Crippen MR) is 55.9 cm³/mol. The minimum absolute atomic E-state index is 0.0912. The maximum atomic E-state index is 13.0. The Bertz CT molecular complexity index is 404. The molecule has 1 fully saturated rings. The van der Waals surface area contributed by atoms with Crippen LogP contribution in [0.25, 0.3) is 0 Å². The second-order valence-corrected chi connectivity index (χ2v) is 3.59. The van der Waals surface area contributed by atoms with Crippen LogP contribution in [0.5, 0.6) is 5.75 Å². The van der Waals surface area contributed by atoms with Crippen molar-refractivity contribution in [2.45, 2.75) is 13.0 Å². The van der Waals surface area contributed by atoms with E-state index in [0.717, 1.165) is 0 Å². The predicted octanol–water partition coefficient (Wildman–Crippen LogP) is 1.56. The molecule has 16 heavy (non-hydrogen) atoms. The van der Waals surface area contributed by atoms with E-state index in [0.29, 0.717) is 24.7 Å². The van der Waals surface area contributed by atoms with Gasteiger partial charge in [-0.2, -0.15) is 0 Å². The number of hydrogen-bond acceptors (Lipinski definition) is 3.